The summed E-state index contributed by atoms with van der Waals surface area (Å²) in [5, 5.41) is 6.06. The van der Waals surface area contributed by atoms with Gasteiger partial charge in [-0.05, 0) is 55.4 Å². The van der Waals surface area contributed by atoms with Gasteiger partial charge in [0, 0.05) is 41.1 Å². The lowest BCUT2D eigenvalue weighted by molar-refractivity contribution is 0.115. The first kappa shape index (κ1) is 21.4. The van der Waals surface area contributed by atoms with Crippen LogP contribution in [0, 0.1) is 0 Å². The fraction of sp³-hybridized carbons (Fsp3) is 0.545. The summed E-state index contributed by atoms with van der Waals surface area (Å²) in [6, 6.07) is 2.17. The van der Waals surface area contributed by atoms with Gasteiger partial charge in [0.2, 0.25) is 0 Å². The average Bonchev–Trinajstić information content (AvgIpc) is 3.29. The van der Waals surface area contributed by atoms with E-state index < -0.39 is 8.32 Å². The maximum absolute atomic E-state index is 6.63. The topological polar surface area (TPSA) is 79.1 Å². The zero-order valence-corrected chi connectivity index (χ0v) is 20.2. The maximum Gasteiger partial charge on any atom is 0.194 e. The molecule has 0 aliphatic heterocycles. The van der Waals surface area contributed by atoms with E-state index in [-0.39, 0.29) is 5.04 Å². The molecule has 0 atom stereocenters. The SMILES string of the molecule is CC(C)(C)[Si](C)(C)O[C@H]1CC[C@H](n2cc(-c3cnc(N)c4oc(Cl)cc34)cn2)CC1. The van der Waals surface area contributed by atoms with Crippen molar-refractivity contribution in [3.63, 3.8) is 0 Å². The predicted octanol–water partition coefficient (Wildman–Crippen LogP) is 6.43. The van der Waals surface area contributed by atoms with Crippen molar-refractivity contribution >= 4 is 36.7 Å². The summed E-state index contributed by atoms with van der Waals surface area (Å²) in [6.07, 6.45) is 10.4. The van der Waals surface area contributed by atoms with Crippen molar-refractivity contribution < 1.29 is 8.84 Å². The highest BCUT2D eigenvalue weighted by Crippen LogP contribution is 2.41. The van der Waals surface area contributed by atoms with E-state index in [1.54, 1.807) is 12.3 Å². The van der Waals surface area contributed by atoms with Crippen LogP contribution < -0.4 is 5.73 Å². The number of nitrogens with zero attached hydrogens (tertiary/aromatic N) is 3. The largest absolute Gasteiger partial charge is 0.441 e. The Morgan fingerprint density at radius 1 is 1.20 bits per heavy atom. The smallest absolute Gasteiger partial charge is 0.194 e. The van der Waals surface area contributed by atoms with E-state index in [2.05, 4.69) is 54.8 Å². The molecular formula is C22H31ClN4O2Si. The normalized spacial score (nSPS) is 20.7. The number of halogens is 1. The molecule has 4 rings (SSSR count). The molecule has 1 aliphatic carbocycles. The molecule has 8 heteroatoms. The lowest BCUT2D eigenvalue weighted by Gasteiger charge is -2.41. The third kappa shape index (κ3) is 4.03. The number of aromatic nitrogens is 3. The number of nitrogen functional groups attached to an aromatic ring is 1. The van der Waals surface area contributed by atoms with Crippen LogP contribution in [0.1, 0.15) is 52.5 Å². The van der Waals surface area contributed by atoms with Crippen LogP contribution in [0.4, 0.5) is 5.82 Å². The molecule has 0 radical (unpaired) electrons. The molecule has 0 saturated heterocycles. The Balaban J connectivity index is 1.47. The van der Waals surface area contributed by atoms with Gasteiger partial charge in [-0.1, -0.05) is 20.8 Å². The van der Waals surface area contributed by atoms with Gasteiger partial charge in [-0.2, -0.15) is 5.10 Å². The molecule has 0 spiro atoms. The van der Waals surface area contributed by atoms with Gasteiger partial charge in [0.05, 0.1) is 12.2 Å². The van der Waals surface area contributed by atoms with Crippen molar-refractivity contribution in [2.24, 2.45) is 0 Å². The minimum Gasteiger partial charge on any atom is -0.441 e. The average molecular weight is 447 g/mol. The molecule has 30 heavy (non-hydrogen) atoms. The monoisotopic (exact) mass is 446 g/mol. The zero-order valence-electron chi connectivity index (χ0n) is 18.4. The molecule has 3 heterocycles. The molecule has 6 nitrogen and oxygen atoms in total. The molecule has 0 unspecified atom stereocenters. The summed E-state index contributed by atoms with van der Waals surface area (Å²) >= 11 is 6.05. The Labute approximate surface area is 183 Å². The van der Waals surface area contributed by atoms with E-state index in [4.69, 9.17) is 26.2 Å². The molecule has 2 N–H and O–H groups in total. The number of hydrogen-bond acceptors (Lipinski definition) is 5. The fourth-order valence-corrected chi connectivity index (χ4v) is 5.55. The third-order valence-electron chi connectivity index (χ3n) is 6.76. The van der Waals surface area contributed by atoms with Gasteiger partial charge in [-0.15, -0.1) is 0 Å². The summed E-state index contributed by atoms with van der Waals surface area (Å²) in [6.45, 7) is 11.6. The Morgan fingerprint density at radius 2 is 1.90 bits per heavy atom. The van der Waals surface area contributed by atoms with Crippen LogP contribution in [0.15, 0.2) is 29.1 Å². The van der Waals surface area contributed by atoms with Crippen molar-refractivity contribution in [1.82, 2.24) is 14.8 Å². The number of fused-ring (bicyclic) bond motifs is 1. The van der Waals surface area contributed by atoms with Crippen LogP contribution in [0.5, 0.6) is 0 Å². The first-order valence-electron chi connectivity index (χ1n) is 10.6. The van der Waals surface area contributed by atoms with Gasteiger partial charge in [-0.25, -0.2) is 4.98 Å². The molecule has 0 amide bonds. The summed E-state index contributed by atoms with van der Waals surface area (Å²) in [5.41, 5.74) is 8.37. The minimum absolute atomic E-state index is 0.245. The number of rotatable bonds is 4. The van der Waals surface area contributed by atoms with Crippen LogP contribution in [0.25, 0.3) is 22.1 Å². The van der Waals surface area contributed by atoms with Gasteiger partial charge in [0.25, 0.3) is 0 Å². The molecule has 1 aliphatic rings. The first-order valence-corrected chi connectivity index (χ1v) is 13.9. The Kier molecular flexibility index (Phi) is 5.49. The molecule has 3 aromatic heterocycles. The van der Waals surface area contributed by atoms with E-state index in [9.17, 15) is 0 Å². The van der Waals surface area contributed by atoms with Crippen LogP contribution in [0.2, 0.25) is 23.4 Å². The Morgan fingerprint density at radius 3 is 2.57 bits per heavy atom. The van der Waals surface area contributed by atoms with E-state index >= 15 is 0 Å². The lowest BCUT2D eigenvalue weighted by atomic mass is 9.93. The molecule has 0 aromatic carbocycles. The maximum atomic E-state index is 6.63. The standard InChI is InChI=1S/C22H31ClN4O2Si/c1-22(2,3)30(4,5)29-16-8-6-15(7-9-16)27-13-14(11-26-27)18-12-25-21(24)20-17(18)10-19(23)28-20/h10-13,15-16H,6-9H2,1-5H3,(H2,24,25)/t15-,16-. The number of pyridine rings is 1. The molecular weight excluding hydrogens is 416 g/mol. The van der Waals surface area contributed by atoms with E-state index in [1.807, 2.05) is 6.20 Å². The summed E-state index contributed by atoms with van der Waals surface area (Å²) < 4.78 is 14.2. The minimum atomic E-state index is -1.72. The van der Waals surface area contributed by atoms with Crippen LogP contribution in [0.3, 0.4) is 0 Å². The van der Waals surface area contributed by atoms with E-state index in [0.717, 1.165) is 42.2 Å². The van der Waals surface area contributed by atoms with Crippen molar-refractivity contribution in [3.8, 4) is 11.1 Å². The zero-order chi connectivity index (χ0) is 21.7. The predicted molar refractivity (Wildman–Crippen MR) is 124 cm³/mol. The second-order valence-electron chi connectivity index (χ2n) is 9.87. The van der Waals surface area contributed by atoms with Gasteiger partial charge in [-0.3, -0.25) is 4.68 Å². The highest BCUT2D eigenvalue weighted by molar-refractivity contribution is 6.74. The fourth-order valence-electron chi connectivity index (χ4n) is 3.94. The quantitative estimate of drug-likeness (QED) is 0.467. The number of furan rings is 1. The van der Waals surface area contributed by atoms with Gasteiger partial charge >= 0.3 is 0 Å². The first-order chi connectivity index (χ1) is 14.0. The van der Waals surface area contributed by atoms with Crippen molar-refractivity contribution in [2.45, 2.75) is 76.7 Å². The summed E-state index contributed by atoms with van der Waals surface area (Å²) in [4.78, 5) is 4.26. The Hall–Kier alpha value is -1.83. The Bertz CT molecular complexity index is 1050. The van der Waals surface area contributed by atoms with Crippen LogP contribution in [-0.4, -0.2) is 29.2 Å². The van der Waals surface area contributed by atoms with Gasteiger partial charge < -0.3 is 14.6 Å². The van der Waals surface area contributed by atoms with Crippen LogP contribution in [-0.2, 0) is 4.43 Å². The van der Waals surface area contributed by atoms with Crippen molar-refractivity contribution in [2.75, 3.05) is 5.73 Å². The van der Waals surface area contributed by atoms with E-state index in [1.165, 1.54) is 0 Å². The van der Waals surface area contributed by atoms with Crippen LogP contribution >= 0.6 is 11.6 Å². The molecule has 162 valence electrons. The lowest BCUT2D eigenvalue weighted by Crippen LogP contribution is -2.44. The number of anilines is 1. The van der Waals surface area contributed by atoms with Crippen molar-refractivity contribution in [1.29, 1.82) is 0 Å². The van der Waals surface area contributed by atoms with Gasteiger partial charge in [0.1, 0.15) is 0 Å². The van der Waals surface area contributed by atoms with Crippen molar-refractivity contribution in [3.05, 3.63) is 29.9 Å². The molecule has 3 aromatic rings. The second-order valence-corrected chi connectivity index (χ2v) is 15.0. The third-order valence-corrected chi connectivity index (χ3v) is 11.5. The highest BCUT2D eigenvalue weighted by atomic mass is 35.5. The molecule has 0 bridgehead atoms. The summed E-state index contributed by atoms with van der Waals surface area (Å²) in [7, 11) is -1.72. The molecule has 1 saturated carbocycles. The van der Waals surface area contributed by atoms with E-state index in [0.29, 0.717) is 28.8 Å². The number of hydrogen-bond donors (Lipinski definition) is 1. The van der Waals surface area contributed by atoms with Gasteiger partial charge in [0.15, 0.2) is 24.9 Å². The second kappa shape index (κ2) is 7.69. The summed E-state index contributed by atoms with van der Waals surface area (Å²) in [5.74, 6) is 0.341. The number of nitrogens with two attached hydrogens (primary N) is 1. The molecule has 1 fully saturated rings. The highest BCUT2D eigenvalue weighted by Gasteiger charge is 2.40.